The van der Waals surface area contributed by atoms with Crippen LogP contribution in [0.3, 0.4) is 0 Å². The highest BCUT2D eigenvalue weighted by atomic mass is 15.2. The van der Waals surface area contributed by atoms with Gasteiger partial charge in [0.15, 0.2) is 0 Å². The molecule has 1 aliphatic heterocycles. The quantitative estimate of drug-likeness (QED) is 0.775. The van der Waals surface area contributed by atoms with Gasteiger partial charge in [0.05, 0.1) is 0 Å². The number of hydrogen-bond donors (Lipinski definition) is 1. The molecule has 0 amide bonds. The topological polar surface area (TPSA) is 15.3 Å². The van der Waals surface area contributed by atoms with Crippen LogP contribution in [0.2, 0.25) is 0 Å². The minimum atomic E-state index is 0.617. The second-order valence-electron chi connectivity index (χ2n) is 6.66. The first-order valence-electron chi connectivity index (χ1n) is 7.02. The average Bonchev–Trinajstić information content (AvgIpc) is 2.24. The van der Waals surface area contributed by atoms with Crippen LogP contribution in [0.15, 0.2) is 0 Å². The molecule has 1 unspecified atom stereocenters. The monoisotopic (exact) mass is 224 g/mol. The van der Waals surface area contributed by atoms with Gasteiger partial charge in [-0.05, 0) is 43.9 Å². The van der Waals surface area contributed by atoms with Gasteiger partial charge in [-0.3, -0.25) is 4.90 Å². The van der Waals surface area contributed by atoms with Crippen molar-refractivity contribution in [1.82, 2.24) is 10.2 Å². The summed E-state index contributed by atoms with van der Waals surface area (Å²) < 4.78 is 0. The normalized spacial score (nSPS) is 32.8. The molecule has 1 heterocycles. The Kier molecular flexibility index (Phi) is 3.91. The summed E-state index contributed by atoms with van der Waals surface area (Å²) >= 11 is 0. The van der Waals surface area contributed by atoms with Gasteiger partial charge in [-0.25, -0.2) is 0 Å². The minimum Gasteiger partial charge on any atom is -0.314 e. The Morgan fingerprint density at radius 2 is 1.94 bits per heavy atom. The number of hydrogen-bond acceptors (Lipinski definition) is 2. The van der Waals surface area contributed by atoms with Crippen molar-refractivity contribution in [1.29, 1.82) is 0 Å². The average molecular weight is 224 g/mol. The zero-order valence-electron chi connectivity index (χ0n) is 11.3. The molecule has 0 spiro atoms. The lowest BCUT2D eigenvalue weighted by molar-refractivity contribution is 0.107. The van der Waals surface area contributed by atoms with Gasteiger partial charge >= 0.3 is 0 Å². The summed E-state index contributed by atoms with van der Waals surface area (Å²) in [6.45, 7) is 12.2. The third kappa shape index (κ3) is 3.21. The van der Waals surface area contributed by atoms with Gasteiger partial charge < -0.3 is 5.32 Å². The van der Waals surface area contributed by atoms with Crippen molar-refractivity contribution in [3.05, 3.63) is 0 Å². The van der Waals surface area contributed by atoms with E-state index in [-0.39, 0.29) is 0 Å². The summed E-state index contributed by atoms with van der Waals surface area (Å²) in [5, 5.41) is 3.47. The molecule has 1 atom stereocenters. The maximum atomic E-state index is 3.47. The summed E-state index contributed by atoms with van der Waals surface area (Å²) in [7, 11) is 0. The predicted molar refractivity (Wildman–Crippen MR) is 69.6 cm³/mol. The Bertz CT molecular complexity index is 215. The van der Waals surface area contributed by atoms with Crippen LogP contribution in [0.4, 0.5) is 0 Å². The fraction of sp³-hybridized carbons (Fsp3) is 1.00. The lowest BCUT2D eigenvalue weighted by Crippen LogP contribution is -2.51. The zero-order chi connectivity index (χ0) is 11.6. The van der Waals surface area contributed by atoms with E-state index in [2.05, 4.69) is 31.0 Å². The maximum Gasteiger partial charge on any atom is 0.0193 e. The van der Waals surface area contributed by atoms with E-state index < -0.39 is 0 Å². The van der Waals surface area contributed by atoms with Crippen molar-refractivity contribution in [2.75, 3.05) is 26.2 Å². The van der Waals surface area contributed by atoms with Crippen LogP contribution in [-0.2, 0) is 0 Å². The van der Waals surface area contributed by atoms with Gasteiger partial charge in [0.2, 0.25) is 0 Å². The number of nitrogens with one attached hydrogen (secondary N) is 1. The third-order valence-electron chi connectivity index (χ3n) is 4.59. The molecule has 2 rings (SSSR count). The van der Waals surface area contributed by atoms with Crippen molar-refractivity contribution in [2.45, 2.75) is 52.5 Å². The summed E-state index contributed by atoms with van der Waals surface area (Å²) in [5.41, 5.74) is 0.617. The van der Waals surface area contributed by atoms with Crippen LogP contribution in [0, 0.1) is 11.3 Å². The second kappa shape index (κ2) is 5.05. The Morgan fingerprint density at radius 1 is 1.25 bits per heavy atom. The highest BCUT2D eigenvalue weighted by Gasteiger charge is 2.29. The molecule has 2 nitrogen and oxygen atoms in total. The molecule has 2 fully saturated rings. The summed E-state index contributed by atoms with van der Waals surface area (Å²) in [6, 6.07) is 0.740. The second-order valence-corrected chi connectivity index (χ2v) is 6.66. The minimum absolute atomic E-state index is 0.617. The van der Waals surface area contributed by atoms with E-state index >= 15 is 0 Å². The SMILES string of the molecule is CC1CNCCN1CC1CCC(C)(C)CC1. The molecular weight excluding hydrogens is 196 g/mol. The summed E-state index contributed by atoms with van der Waals surface area (Å²) in [4.78, 5) is 2.69. The van der Waals surface area contributed by atoms with Gasteiger partial charge in [-0.2, -0.15) is 0 Å². The zero-order valence-corrected chi connectivity index (χ0v) is 11.3. The van der Waals surface area contributed by atoms with Gasteiger partial charge in [0.25, 0.3) is 0 Å². The maximum absolute atomic E-state index is 3.47. The van der Waals surface area contributed by atoms with Crippen molar-refractivity contribution >= 4 is 0 Å². The van der Waals surface area contributed by atoms with E-state index in [4.69, 9.17) is 0 Å². The van der Waals surface area contributed by atoms with E-state index in [1.165, 1.54) is 51.9 Å². The first-order chi connectivity index (χ1) is 7.57. The van der Waals surface area contributed by atoms with Gasteiger partial charge in [0, 0.05) is 32.2 Å². The molecule has 1 aliphatic carbocycles. The molecule has 94 valence electrons. The van der Waals surface area contributed by atoms with Crippen LogP contribution in [-0.4, -0.2) is 37.1 Å². The molecule has 0 aromatic rings. The number of nitrogens with zero attached hydrogens (tertiary/aromatic N) is 1. The lowest BCUT2D eigenvalue weighted by atomic mass is 9.73. The highest BCUT2D eigenvalue weighted by Crippen LogP contribution is 2.38. The van der Waals surface area contributed by atoms with Crippen molar-refractivity contribution in [3.8, 4) is 0 Å². The highest BCUT2D eigenvalue weighted by molar-refractivity contribution is 4.83. The standard InChI is InChI=1S/C14H28N2/c1-12-10-15-8-9-16(12)11-13-4-6-14(2,3)7-5-13/h12-13,15H,4-11H2,1-3H3. The van der Waals surface area contributed by atoms with Crippen molar-refractivity contribution in [2.24, 2.45) is 11.3 Å². The third-order valence-corrected chi connectivity index (χ3v) is 4.59. The van der Waals surface area contributed by atoms with Crippen LogP contribution in [0.1, 0.15) is 46.5 Å². The van der Waals surface area contributed by atoms with Crippen LogP contribution in [0.25, 0.3) is 0 Å². The molecule has 2 aliphatic rings. The molecule has 1 saturated heterocycles. The summed E-state index contributed by atoms with van der Waals surface area (Å²) in [5.74, 6) is 0.966. The largest absolute Gasteiger partial charge is 0.314 e. The van der Waals surface area contributed by atoms with E-state index in [0.717, 1.165) is 12.0 Å². The van der Waals surface area contributed by atoms with Crippen molar-refractivity contribution in [3.63, 3.8) is 0 Å². The van der Waals surface area contributed by atoms with E-state index in [1.807, 2.05) is 0 Å². The fourth-order valence-electron chi connectivity index (χ4n) is 3.13. The van der Waals surface area contributed by atoms with Gasteiger partial charge in [-0.15, -0.1) is 0 Å². The Labute approximate surface area is 101 Å². The van der Waals surface area contributed by atoms with Crippen LogP contribution in [0.5, 0.6) is 0 Å². The molecule has 0 bridgehead atoms. The first-order valence-corrected chi connectivity index (χ1v) is 7.02. The smallest absolute Gasteiger partial charge is 0.0193 e. The predicted octanol–water partition coefficient (Wildman–Crippen LogP) is 2.50. The van der Waals surface area contributed by atoms with E-state index in [9.17, 15) is 0 Å². The molecule has 1 N–H and O–H groups in total. The van der Waals surface area contributed by atoms with Crippen LogP contribution < -0.4 is 5.32 Å². The molecule has 16 heavy (non-hydrogen) atoms. The van der Waals surface area contributed by atoms with Gasteiger partial charge in [0.1, 0.15) is 0 Å². The number of piperazine rings is 1. The molecule has 0 aromatic heterocycles. The lowest BCUT2D eigenvalue weighted by Gasteiger charge is -2.40. The van der Waals surface area contributed by atoms with E-state index in [1.54, 1.807) is 0 Å². The molecule has 1 saturated carbocycles. The van der Waals surface area contributed by atoms with Gasteiger partial charge in [-0.1, -0.05) is 13.8 Å². The van der Waals surface area contributed by atoms with E-state index in [0.29, 0.717) is 5.41 Å². The van der Waals surface area contributed by atoms with Crippen LogP contribution >= 0.6 is 0 Å². The fourth-order valence-corrected chi connectivity index (χ4v) is 3.13. The molecule has 2 heteroatoms. The molecule has 0 radical (unpaired) electrons. The Hall–Kier alpha value is -0.0800. The number of rotatable bonds is 2. The molecular formula is C14H28N2. The Morgan fingerprint density at radius 3 is 2.56 bits per heavy atom. The van der Waals surface area contributed by atoms with Crippen molar-refractivity contribution < 1.29 is 0 Å². The Balaban J connectivity index is 1.77. The summed E-state index contributed by atoms with van der Waals surface area (Å²) in [6.07, 6.45) is 5.75. The molecule has 0 aromatic carbocycles. The first kappa shape index (κ1) is 12.4.